The molecule has 2 rings (SSSR count). The summed E-state index contributed by atoms with van der Waals surface area (Å²) >= 11 is 0. The lowest BCUT2D eigenvalue weighted by molar-refractivity contribution is -0.118. The Labute approximate surface area is 74.5 Å². The maximum absolute atomic E-state index is 13.3. The monoisotopic (exact) mass is 181 g/mol. The van der Waals surface area contributed by atoms with Crippen LogP contribution in [-0.2, 0) is 4.79 Å². The summed E-state index contributed by atoms with van der Waals surface area (Å²) in [5.41, 5.74) is 0.911. The third-order valence-corrected chi connectivity index (χ3v) is 1.91. The first-order valence-corrected chi connectivity index (χ1v) is 3.90. The van der Waals surface area contributed by atoms with Crippen LogP contribution >= 0.6 is 0 Å². The van der Waals surface area contributed by atoms with Gasteiger partial charge in [0.15, 0.2) is 18.2 Å². The first-order valence-electron chi connectivity index (χ1n) is 3.90. The van der Waals surface area contributed by atoms with Gasteiger partial charge in [-0.15, -0.1) is 0 Å². The van der Waals surface area contributed by atoms with Crippen molar-refractivity contribution < 1.29 is 13.9 Å². The van der Waals surface area contributed by atoms with Crippen molar-refractivity contribution in [3.63, 3.8) is 0 Å². The van der Waals surface area contributed by atoms with Crippen molar-refractivity contribution in [3.05, 3.63) is 23.5 Å². The number of anilines is 1. The maximum Gasteiger partial charge on any atom is 0.262 e. The summed E-state index contributed by atoms with van der Waals surface area (Å²) in [5, 5.41) is 2.52. The van der Waals surface area contributed by atoms with E-state index in [2.05, 4.69) is 5.32 Å². The molecule has 0 saturated heterocycles. The zero-order valence-electron chi connectivity index (χ0n) is 7.06. The van der Waals surface area contributed by atoms with Gasteiger partial charge in [-0.1, -0.05) is 6.07 Å². The van der Waals surface area contributed by atoms with Gasteiger partial charge in [0.05, 0.1) is 5.69 Å². The number of hydrogen-bond acceptors (Lipinski definition) is 2. The highest BCUT2D eigenvalue weighted by Gasteiger charge is 2.20. The second-order valence-corrected chi connectivity index (χ2v) is 2.91. The van der Waals surface area contributed by atoms with E-state index < -0.39 is 5.82 Å². The fourth-order valence-corrected chi connectivity index (χ4v) is 1.22. The number of fused-ring (bicyclic) bond motifs is 1. The number of rotatable bonds is 0. The molecule has 0 bridgehead atoms. The van der Waals surface area contributed by atoms with Crippen LogP contribution < -0.4 is 10.1 Å². The van der Waals surface area contributed by atoms with Crippen LogP contribution in [0.1, 0.15) is 5.56 Å². The Morgan fingerprint density at radius 1 is 1.54 bits per heavy atom. The number of carbonyl (C=O) groups excluding carboxylic acids is 1. The smallest absolute Gasteiger partial charge is 0.262 e. The summed E-state index contributed by atoms with van der Waals surface area (Å²) in [7, 11) is 0. The third kappa shape index (κ3) is 1.24. The maximum atomic E-state index is 13.3. The minimum atomic E-state index is -0.405. The number of hydrogen-bond donors (Lipinski definition) is 1. The SMILES string of the molecule is Cc1ccc2c(c1F)OCC(=O)N2. The Morgan fingerprint density at radius 3 is 3.08 bits per heavy atom. The van der Waals surface area contributed by atoms with E-state index in [1.807, 2.05) is 0 Å². The van der Waals surface area contributed by atoms with E-state index in [4.69, 9.17) is 4.74 Å². The molecule has 3 nitrogen and oxygen atoms in total. The van der Waals surface area contributed by atoms with E-state index >= 15 is 0 Å². The van der Waals surface area contributed by atoms with Crippen molar-refractivity contribution in [3.8, 4) is 5.75 Å². The van der Waals surface area contributed by atoms with Gasteiger partial charge in [-0.2, -0.15) is 0 Å². The van der Waals surface area contributed by atoms with Crippen LogP contribution in [-0.4, -0.2) is 12.5 Å². The molecule has 0 spiro atoms. The van der Waals surface area contributed by atoms with Gasteiger partial charge in [-0.05, 0) is 18.6 Å². The molecule has 1 aromatic carbocycles. The first-order chi connectivity index (χ1) is 6.18. The zero-order chi connectivity index (χ0) is 9.42. The molecule has 1 aromatic rings. The summed E-state index contributed by atoms with van der Waals surface area (Å²) in [4.78, 5) is 10.9. The quantitative estimate of drug-likeness (QED) is 0.658. The van der Waals surface area contributed by atoms with Crippen LogP contribution in [0, 0.1) is 12.7 Å². The Balaban J connectivity index is 2.53. The van der Waals surface area contributed by atoms with Gasteiger partial charge in [-0.3, -0.25) is 4.79 Å². The van der Waals surface area contributed by atoms with E-state index in [0.29, 0.717) is 11.3 Å². The zero-order valence-corrected chi connectivity index (χ0v) is 7.06. The summed E-state index contributed by atoms with van der Waals surface area (Å²) in [6.45, 7) is 1.53. The van der Waals surface area contributed by atoms with Gasteiger partial charge in [0.2, 0.25) is 0 Å². The predicted molar refractivity (Wildman–Crippen MR) is 45.3 cm³/mol. The van der Waals surface area contributed by atoms with E-state index in [0.717, 1.165) is 0 Å². The molecule has 1 heterocycles. The molecular weight excluding hydrogens is 173 g/mol. The van der Waals surface area contributed by atoms with Crippen molar-refractivity contribution in [1.82, 2.24) is 0 Å². The topological polar surface area (TPSA) is 38.3 Å². The van der Waals surface area contributed by atoms with Gasteiger partial charge in [-0.25, -0.2) is 4.39 Å². The lowest BCUT2D eigenvalue weighted by Crippen LogP contribution is -2.26. The Bertz CT molecular complexity index is 376. The highest BCUT2D eigenvalue weighted by Crippen LogP contribution is 2.32. The standard InChI is InChI=1S/C9H8FNO2/c1-5-2-3-6-9(8(5)10)13-4-7(12)11-6/h2-3H,4H2,1H3,(H,11,12). The summed E-state index contributed by atoms with van der Waals surface area (Å²) in [6.07, 6.45) is 0. The molecule has 68 valence electrons. The highest BCUT2D eigenvalue weighted by atomic mass is 19.1. The van der Waals surface area contributed by atoms with Crippen molar-refractivity contribution in [2.45, 2.75) is 6.92 Å². The van der Waals surface area contributed by atoms with Gasteiger partial charge < -0.3 is 10.1 Å². The van der Waals surface area contributed by atoms with E-state index in [9.17, 15) is 9.18 Å². The molecule has 0 aliphatic carbocycles. The fraction of sp³-hybridized carbons (Fsp3) is 0.222. The fourth-order valence-electron chi connectivity index (χ4n) is 1.22. The molecule has 0 fully saturated rings. The lowest BCUT2D eigenvalue weighted by Gasteiger charge is -2.18. The highest BCUT2D eigenvalue weighted by molar-refractivity contribution is 5.95. The van der Waals surface area contributed by atoms with Crippen LogP contribution in [0.3, 0.4) is 0 Å². The van der Waals surface area contributed by atoms with E-state index in [1.165, 1.54) is 0 Å². The number of nitrogens with one attached hydrogen (secondary N) is 1. The number of carbonyl (C=O) groups is 1. The van der Waals surface area contributed by atoms with E-state index in [-0.39, 0.29) is 18.3 Å². The molecule has 1 amide bonds. The van der Waals surface area contributed by atoms with Crippen LogP contribution in [0.4, 0.5) is 10.1 Å². The molecule has 0 aromatic heterocycles. The van der Waals surface area contributed by atoms with Gasteiger partial charge >= 0.3 is 0 Å². The number of ether oxygens (including phenoxy) is 1. The average Bonchev–Trinajstić information content (AvgIpc) is 2.12. The van der Waals surface area contributed by atoms with Crippen LogP contribution in [0.15, 0.2) is 12.1 Å². The average molecular weight is 181 g/mol. The Kier molecular flexibility index (Phi) is 1.69. The summed E-state index contributed by atoms with van der Waals surface area (Å²) < 4.78 is 18.3. The van der Waals surface area contributed by atoms with Gasteiger partial charge in [0.25, 0.3) is 5.91 Å². The van der Waals surface area contributed by atoms with Crippen molar-refractivity contribution >= 4 is 11.6 Å². The van der Waals surface area contributed by atoms with Crippen molar-refractivity contribution in [2.24, 2.45) is 0 Å². The van der Waals surface area contributed by atoms with Gasteiger partial charge in [0, 0.05) is 0 Å². The van der Waals surface area contributed by atoms with E-state index in [1.54, 1.807) is 19.1 Å². The molecule has 4 heteroatoms. The second-order valence-electron chi connectivity index (χ2n) is 2.91. The molecule has 1 aliphatic rings. The third-order valence-electron chi connectivity index (χ3n) is 1.91. The predicted octanol–water partition coefficient (Wildman–Crippen LogP) is 1.47. The largest absolute Gasteiger partial charge is 0.478 e. The normalized spacial score (nSPS) is 14.5. The second kappa shape index (κ2) is 2.73. The first kappa shape index (κ1) is 8.04. The Hall–Kier alpha value is -1.58. The van der Waals surface area contributed by atoms with Crippen LogP contribution in [0.5, 0.6) is 5.75 Å². The van der Waals surface area contributed by atoms with Crippen molar-refractivity contribution in [1.29, 1.82) is 0 Å². The van der Waals surface area contributed by atoms with Crippen LogP contribution in [0.2, 0.25) is 0 Å². The molecule has 13 heavy (non-hydrogen) atoms. The minimum absolute atomic E-state index is 0.118. The molecule has 0 saturated carbocycles. The molecule has 1 aliphatic heterocycles. The molecule has 0 unspecified atom stereocenters. The van der Waals surface area contributed by atoms with Gasteiger partial charge in [0.1, 0.15) is 0 Å². The molecule has 1 N–H and O–H groups in total. The number of benzene rings is 1. The number of halogens is 1. The Morgan fingerprint density at radius 2 is 2.31 bits per heavy atom. The summed E-state index contributed by atoms with van der Waals surface area (Å²) in [6, 6.07) is 3.23. The number of aryl methyl sites for hydroxylation is 1. The molecular formula is C9H8FNO2. The number of amides is 1. The summed E-state index contributed by atoms with van der Waals surface area (Å²) in [5.74, 6) is -0.521. The molecule has 0 radical (unpaired) electrons. The van der Waals surface area contributed by atoms with Crippen molar-refractivity contribution in [2.75, 3.05) is 11.9 Å². The lowest BCUT2D eigenvalue weighted by atomic mass is 10.2. The van der Waals surface area contributed by atoms with Crippen LogP contribution in [0.25, 0.3) is 0 Å². The minimum Gasteiger partial charge on any atom is -0.478 e. The molecule has 0 atom stereocenters.